The first-order valence-corrected chi connectivity index (χ1v) is 9.49. The van der Waals surface area contributed by atoms with Gasteiger partial charge >= 0.3 is 12.1 Å². The van der Waals surface area contributed by atoms with Crippen molar-refractivity contribution in [3.8, 4) is 6.07 Å². The number of nitriles is 1. The molecule has 0 aliphatic carbocycles. The molecule has 9 heteroatoms. The number of fused-ring (bicyclic) bond motifs is 1. The van der Waals surface area contributed by atoms with Gasteiger partial charge in [0.25, 0.3) is 0 Å². The van der Waals surface area contributed by atoms with Crippen molar-refractivity contribution >= 4 is 16.9 Å². The van der Waals surface area contributed by atoms with E-state index in [1.807, 2.05) is 0 Å². The number of carboxylic acid groups (broad SMARTS) is 1. The molecule has 1 atom stereocenters. The molecule has 0 radical (unpaired) electrons. The fourth-order valence-corrected chi connectivity index (χ4v) is 4.01. The van der Waals surface area contributed by atoms with E-state index in [9.17, 15) is 33.1 Å². The first-order chi connectivity index (χ1) is 14.5. The first-order valence-electron chi connectivity index (χ1n) is 9.49. The molecule has 31 heavy (non-hydrogen) atoms. The SMILES string of the molecule is CCCN1C(C)=C(C(=O)O)[C@H](c2cccc3c(=O)cc(C)oc23)C(C#N)=C1C(F)(F)F. The number of rotatable bonds is 4. The molecule has 6 nitrogen and oxygen atoms in total. The lowest BCUT2D eigenvalue weighted by molar-refractivity contribution is -0.133. The Labute approximate surface area is 175 Å². The summed E-state index contributed by atoms with van der Waals surface area (Å²) in [5.74, 6) is -2.80. The molecule has 2 heterocycles. The minimum absolute atomic E-state index is 0.0181. The van der Waals surface area contributed by atoms with Crippen LogP contribution in [0.1, 0.15) is 37.5 Å². The smallest absolute Gasteiger partial charge is 0.432 e. The topological polar surface area (TPSA) is 94.5 Å². The van der Waals surface area contributed by atoms with Crippen LogP contribution in [0.15, 0.2) is 56.0 Å². The summed E-state index contributed by atoms with van der Waals surface area (Å²) in [7, 11) is 0. The molecule has 2 aromatic rings. The van der Waals surface area contributed by atoms with Crippen LogP contribution in [0.3, 0.4) is 0 Å². The van der Waals surface area contributed by atoms with Crippen molar-refractivity contribution in [3.63, 3.8) is 0 Å². The van der Waals surface area contributed by atoms with Gasteiger partial charge in [0.15, 0.2) is 5.43 Å². The summed E-state index contributed by atoms with van der Waals surface area (Å²) in [5.41, 5.74) is -2.86. The predicted octanol–water partition coefficient (Wildman–Crippen LogP) is 4.61. The second-order valence-electron chi connectivity index (χ2n) is 7.21. The van der Waals surface area contributed by atoms with Gasteiger partial charge in [-0.25, -0.2) is 4.79 Å². The summed E-state index contributed by atoms with van der Waals surface area (Å²) in [6.07, 6.45) is -4.60. The molecule has 1 aromatic carbocycles. The number of aryl methyl sites for hydroxylation is 1. The fourth-order valence-electron chi connectivity index (χ4n) is 4.01. The molecule has 0 unspecified atom stereocenters. The maximum Gasteiger partial charge on any atom is 0.432 e. The molecule has 0 bridgehead atoms. The highest BCUT2D eigenvalue weighted by atomic mass is 19.4. The largest absolute Gasteiger partial charge is 0.478 e. The summed E-state index contributed by atoms with van der Waals surface area (Å²) in [6.45, 7) is 4.34. The first kappa shape index (κ1) is 22.2. The van der Waals surface area contributed by atoms with E-state index in [2.05, 4.69) is 0 Å². The van der Waals surface area contributed by atoms with Crippen LogP contribution >= 0.6 is 0 Å². The third-order valence-corrected chi connectivity index (χ3v) is 5.18. The number of hydrogen-bond acceptors (Lipinski definition) is 5. The molecule has 162 valence electrons. The van der Waals surface area contributed by atoms with E-state index in [1.54, 1.807) is 13.0 Å². The fraction of sp³-hybridized carbons (Fsp3) is 0.318. The van der Waals surface area contributed by atoms with Gasteiger partial charge in [0.1, 0.15) is 17.0 Å². The molecule has 0 saturated heterocycles. The maximum atomic E-state index is 14.1. The van der Waals surface area contributed by atoms with E-state index < -0.39 is 34.8 Å². The number of halogens is 3. The molecule has 0 amide bonds. The van der Waals surface area contributed by atoms with Crippen LogP contribution in [-0.4, -0.2) is 28.7 Å². The van der Waals surface area contributed by atoms with Crippen molar-refractivity contribution in [2.24, 2.45) is 0 Å². The Hall–Kier alpha value is -3.54. The molecular formula is C22H19F3N2O4. The lowest BCUT2D eigenvalue weighted by Crippen LogP contribution is -2.39. The van der Waals surface area contributed by atoms with Crippen LogP contribution in [-0.2, 0) is 4.79 Å². The normalized spacial score (nSPS) is 17.3. The van der Waals surface area contributed by atoms with Gasteiger partial charge in [0.2, 0.25) is 0 Å². The second-order valence-corrected chi connectivity index (χ2v) is 7.21. The van der Waals surface area contributed by atoms with Crippen LogP contribution in [0.5, 0.6) is 0 Å². The van der Waals surface area contributed by atoms with Crippen molar-refractivity contribution in [1.82, 2.24) is 4.90 Å². The Kier molecular flexibility index (Phi) is 5.68. The van der Waals surface area contributed by atoms with E-state index in [1.165, 1.54) is 38.1 Å². The maximum absolute atomic E-state index is 14.1. The third-order valence-electron chi connectivity index (χ3n) is 5.18. The predicted molar refractivity (Wildman–Crippen MR) is 106 cm³/mol. The standard InChI is InChI=1S/C22H19F3N2O4/c1-4-8-27-12(3)17(21(29)30)18(15(10-26)20(27)22(23,24)25)14-7-5-6-13-16(28)9-11(2)31-19(13)14/h5-7,9,18H,4,8H2,1-3H3,(H,29,30)/t18-/m1/s1. The van der Waals surface area contributed by atoms with Crippen LogP contribution in [0.2, 0.25) is 0 Å². The van der Waals surface area contributed by atoms with Gasteiger partial charge in [-0.1, -0.05) is 19.1 Å². The Morgan fingerprint density at radius 1 is 1.32 bits per heavy atom. The van der Waals surface area contributed by atoms with Gasteiger partial charge < -0.3 is 14.4 Å². The number of aliphatic carboxylic acids is 1. The van der Waals surface area contributed by atoms with Crippen molar-refractivity contribution in [2.75, 3.05) is 6.54 Å². The van der Waals surface area contributed by atoms with Gasteiger partial charge in [-0.3, -0.25) is 4.79 Å². The van der Waals surface area contributed by atoms with E-state index in [0.717, 1.165) is 4.90 Å². The third kappa shape index (κ3) is 3.69. The van der Waals surface area contributed by atoms with Crippen LogP contribution in [0.25, 0.3) is 11.0 Å². The average molecular weight is 432 g/mol. The van der Waals surface area contributed by atoms with E-state index in [4.69, 9.17) is 4.42 Å². The monoisotopic (exact) mass is 432 g/mol. The zero-order valence-corrected chi connectivity index (χ0v) is 17.0. The van der Waals surface area contributed by atoms with Crippen molar-refractivity contribution in [2.45, 2.75) is 39.3 Å². The van der Waals surface area contributed by atoms with Gasteiger partial charge in [-0.2, -0.15) is 18.4 Å². The van der Waals surface area contributed by atoms with Crippen molar-refractivity contribution < 1.29 is 27.5 Å². The van der Waals surface area contributed by atoms with E-state index in [-0.39, 0.29) is 40.1 Å². The number of hydrogen-bond donors (Lipinski definition) is 1. The zero-order chi connectivity index (χ0) is 23.1. The highest BCUT2D eigenvalue weighted by Gasteiger charge is 2.48. The Balaban J connectivity index is 2.48. The molecule has 1 aliphatic rings. The summed E-state index contributed by atoms with van der Waals surface area (Å²) >= 11 is 0. The zero-order valence-electron chi connectivity index (χ0n) is 17.0. The quantitative estimate of drug-likeness (QED) is 0.758. The minimum atomic E-state index is -4.90. The highest BCUT2D eigenvalue weighted by Crippen LogP contribution is 2.47. The van der Waals surface area contributed by atoms with Crippen LogP contribution in [0.4, 0.5) is 13.2 Å². The van der Waals surface area contributed by atoms with Crippen molar-refractivity contribution in [1.29, 1.82) is 5.26 Å². The number of benzene rings is 1. The Bertz CT molecular complexity index is 1230. The molecular weight excluding hydrogens is 413 g/mol. The summed E-state index contributed by atoms with van der Waals surface area (Å²) in [6, 6.07) is 7.08. The molecule has 1 aromatic heterocycles. The molecule has 1 N–H and O–H groups in total. The van der Waals surface area contributed by atoms with Gasteiger partial charge in [0.05, 0.1) is 28.5 Å². The van der Waals surface area contributed by atoms with Crippen LogP contribution < -0.4 is 5.43 Å². The number of carboxylic acids is 1. The number of carbonyl (C=O) groups is 1. The van der Waals surface area contributed by atoms with Gasteiger partial charge in [-0.15, -0.1) is 0 Å². The average Bonchev–Trinajstić information content (AvgIpc) is 2.67. The lowest BCUT2D eigenvalue weighted by Gasteiger charge is -2.38. The number of para-hydroxylation sites is 1. The van der Waals surface area contributed by atoms with Gasteiger partial charge in [-0.05, 0) is 26.3 Å². The minimum Gasteiger partial charge on any atom is -0.478 e. The molecule has 0 spiro atoms. The molecule has 1 aliphatic heterocycles. The van der Waals surface area contributed by atoms with E-state index in [0.29, 0.717) is 6.42 Å². The number of nitrogens with zero attached hydrogens (tertiary/aromatic N) is 2. The molecule has 3 rings (SSSR count). The number of allylic oxidation sites excluding steroid dienone is 3. The lowest BCUT2D eigenvalue weighted by atomic mass is 9.79. The Morgan fingerprint density at radius 3 is 2.55 bits per heavy atom. The molecule has 0 fully saturated rings. The summed E-state index contributed by atoms with van der Waals surface area (Å²) in [5, 5.41) is 19.8. The summed E-state index contributed by atoms with van der Waals surface area (Å²) in [4.78, 5) is 25.4. The number of alkyl halides is 3. The Morgan fingerprint density at radius 2 is 2.00 bits per heavy atom. The van der Waals surface area contributed by atoms with E-state index >= 15 is 0 Å². The highest BCUT2D eigenvalue weighted by molar-refractivity contribution is 5.93. The van der Waals surface area contributed by atoms with Crippen molar-refractivity contribution in [3.05, 3.63) is 68.4 Å². The molecule has 0 saturated carbocycles. The van der Waals surface area contributed by atoms with Gasteiger partial charge in [0, 0.05) is 23.9 Å². The van der Waals surface area contributed by atoms with Crippen LogP contribution in [0, 0.1) is 18.3 Å². The second kappa shape index (κ2) is 7.95. The summed E-state index contributed by atoms with van der Waals surface area (Å²) < 4.78 is 47.9.